The summed E-state index contributed by atoms with van der Waals surface area (Å²) in [5, 5.41) is 13.4. The third kappa shape index (κ3) is 5.79. The Morgan fingerprint density at radius 1 is 1.16 bits per heavy atom. The third-order valence-corrected chi connectivity index (χ3v) is 6.62. The Balaban J connectivity index is 1.58. The number of nitrogens with zero attached hydrogens (tertiary/aromatic N) is 4. The molecule has 3 atom stereocenters. The summed E-state index contributed by atoms with van der Waals surface area (Å²) in [5.41, 5.74) is 2.38. The number of aromatic nitrogens is 3. The molecule has 1 fully saturated rings. The summed E-state index contributed by atoms with van der Waals surface area (Å²) >= 11 is 0. The second kappa shape index (κ2) is 11.1. The largest absolute Gasteiger partial charge is 0.360 e. The Kier molecular flexibility index (Phi) is 7.85. The lowest BCUT2D eigenvalue weighted by Crippen LogP contribution is -2.47. The van der Waals surface area contributed by atoms with Gasteiger partial charge >= 0.3 is 0 Å². The smallest absolute Gasteiger partial charge is 0.243 e. The van der Waals surface area contributed by atoms with Crippen molar-refractivity contribution in [2.24, 2.45) is 0 Å². The van der Waals surface area contributed by atoms with Crippen LogP contribution in [0.15, 0.2) is 48.5 Å². The number of alkyl halides is 1. The molecule has 10 heteroatoms. The van der Waals surface area contributed by atoms with Gasteiger partial charge in [0.1, 0.15) is 18.0 Å². The number of anilines is 1. The molecule has 1 aromatic heterocycles. The summed E-state index contributed by atoms with van der Waals surface area (Å²) in [4.78, 5) is 29.6. The lowest BCUT2D eigenvalue weighted by Gasteiger charge is -2.27. The van der Waals surface area contributed by atoms with Crippen LogP contribution >= 0.6 is 0 Å². The number of hydrogen-bond acceptors (Lipinski definition) is 5. The van der Waals surface area contributed by atoms with E-state index in [1.54, 1.807) is 31.1 Å². The number of halogens is 2. The first-order valence-electron chi connectivity index (χ1n) is 12.3. The van der Waals surface area contributed by atoms with Crippen molar-refractivity contribution in [3.05, 3.63) is 76.7 Å². The highest BCUT2D eigenvalue weighted by molar-refractivity contribution is 5.90. The first-order valence-corrected chi connectivity index (χ1v) is 12.3. The van der Waals surface area contributed by atoms with Crippen LogP contribution in [0.2, 0.25) is 0 Å². The SMILES string of the molecule is CC(C)c1ccc([C@@H](NC(=O)[C@@H]2C[C@@H](F)CN2C(=O)Cc2[nH]nnc2N(C)C)c2ccccc2)cc1F. The van der Waals surface area contributed by atoms with Gasteiger partial charge in [-0.1, -0.05) is 61.5 Å². The zero-order valence-electron chi connectivity index (χ0n) is 21.4. The quantitative estimate of drug-likeness (QED) is 0.484. The number of nitrogens with one attached hydrogen (secondary N) is 2. The minimum Gasteiger partial charge on any atom is -0.360 e. The van der Waals surface area contributed by atoms with Gasteiger partial charge in [0.2, 0.25) is 11.8 Å². The highest BCUT2D eigenvalue weighted by Gasteiger charge is 2.40. The number of benzene rings is 2. The summed E-state index contributed by atoms with van der Waals surface area (Å²) in [5.74, 6) is -0.740. The van der Waals surface area contributed by atoms with Gasteiger partial charge in [-0.3, -0.25) is 14.7 Å². The van der Waals surface area contributed by atoms with Gasteiger partial charge in [-0.15, -0.1) is 5.10 Å². The van der Waals surface area contributed by atoms with E-state index in [1.807, 2.05) is 44.2 Å². The van der Waals surface area contributed by atoms with Crippen LogP contribution in [0.1, 0.15) is 54.6 Å². The molecule has 8 nitrogen and oxygen atoms in total. The molecule has 0 unspecified atom stereocenters. The van der Waals surface area contributed by atoms with E-state index in [0.29, 0.717) is 22.6 Å². The van der Waals surface area contributed by atoms with E-state index in [4.69, 9.17) is 0 Å². The van der Waals surface area contributed by atoms with E-state index < -0.39 is 30.1 Å². The van der Waals surface area contributed by atoms with Crippen LogP contribution in [0.5, 0.6) is 0 Å². The molecule has 0 aliphatic carbocycles. The van der Waals surface area contributed by atoms with Crippen LogP contribution < -0.4 is 10.2 Å². The summed E-state index contributed by atoms with van der Waals surface area (Å²) in [6, 6.07) is 12.5. The van der Waals surface area contributed by atoms with Gasteiger partial charge in [-0.05, 0) is 28.7 Å². The molecule has 2 N–H and O–H groups in total. The minimum absolute atomic E-state index is 0.0106. The lowest BCUT2D eigenvalue weighted by atomic mass is 9.94. The Bertz CT molecular complexity index is 1250. The van der Waals surface area contributed by atoms with Gasteiger partial charge in [0.25, 0.3) is 0 Å². The molecule has 2 aromatic carbocycles. The number of H-pyrrole nitrogens is 1. The van der Waals surface area contributed by atoms with Crippen molar-refractivity contribution in [3.8, 4) is 0 Å². The molecule has 1 aliphatic rings. The second-order valence-corrected chi connectivity index (χ2v) is 9.87. The topological polar surface area (TPSA) is 94.2 Å². The molecule has 37 heavy (non-hydrogen) atoms. The summed E-state index contributed by atoms with van der Waals surface area (Å²) in [6.07, 6.45) is -1.53. The summed E-state index contributed by atoms with van der Waals surface area (Å²) in [7, 11) is 3.55. The predicted octanol–water partition coefficient (Wildman–Crippen LogP) is 3.52. The standard InChI is InChI=1S/C27H32F2N6O2/c1-16(2)20-11-10-18(12-21(20)29)25(17-8-6-5-7-9-17)30-27(37)23-13-19(28)15-35(23)24(36)14-22-26(34(3)4)32-33-31-22/h5-12,16,19,23,25H,13-15H2,1-4H3,(H,30,37)(H,31,32,33)/t19-,23+,25+/m1/s1. The van der Waals surface area contributed by atoms with Crippen LogP contribution in [0, 0.1) is 5.82 Å². The van der Waals surface area contributed by atoms with E-state index in [0.717, 1.165) is 5.56 Å². The number of aromatic amines is 1. The van der Waals surface area contributed by atoms with Gasteiger partial charge in [-0.25, -0.2) is 8.78 Å². The van der Waals surface area contributed by atoms with E-state index >= 15 is 0 Å². The molecule has 4 rings (SSSR count). The highest BCUT2D eigenvalue weighted by atomic mass is 19.1. The number of hydrogen-bond donors (Lipinski definition) is 2. The molecule has 0 bridgehead atoms. The molecule has 1 aliphatic heterocycles. The summed E-state index contributed by atoms with van der Waals surface area (Å²) in [6.45, 7) is 3.65. The van der Waals surface area contributed by atoms with Gasteiger partial charge in [0.05, 0.1) is 24.7 Å². The number of carbonyl (C=O) groups is 2. The maximum absolute atomic E-state index is 14.9. The third-order valence-electron chi connectivity index (χ3n) is 6.62. The monoisotopic (exact) mass is 510 g/mol. The summed E-state index contributed by atoms with van der Waals surface area (Å²) < 4.78 is 29.4. The molecule has 2 amide bonds. The fraction of sp³-hybridized carbons (Fsp3) is 0.407. The average Bonchev–Trinajstić information content (AvgIpc) is 3.49. The zero-order chi connectivity index (χ0) is 26.7. The predicted molar refractivity (Wildman–Crippen MR) is 136 cm³/mol. The van der Waals surface area contributed by atoms with Crippen molar-refractivity contribution in [2.75, 3.05) is 25.5 Å². The Morgan fingerprint density at radius 3 is 2.54 bits per heavy atom. The van der Waals surface area contributed by atoms with E-state index in [9.17, 15) is 18.4 Å². The lowest BCUT2D eigenvalue weighted by molar-refractivity contribution is -0.138. The first kappa shape index (κ1) is 26.2. The fourth-order valence-electron chi connectivity index (χ4n) is 4.72. The Hall–Kier alpha value is -3.82. The number of rotatable bonds is 8. The van der Waals surface area contributed by atoms with Gasteiger partial charge in [0.15, 0.2) is 5.82 Å². The van der Waals surface area contributed by atoms with E-state index in [2.05, 4.69) is 20.7 Å². The molecule has 2 heterocycles. The molecule has 0 spiro atoms. The van der Waals surface area contributed by atoms with E-state index in [-0.39, 0.29) is 31.1 Å². The number of carbonyl (C=O) groups excluding carboxylic acids is 2. The zero-order valence-corrected chi connectivity index (χ0v) is 21.4. The molecule has 0 radical (unpaired) electrons. The van der Waals surface area contributed by atoms with Gasteiger partial charge in [0, 0.05) is 20.5 Å². The minimum atomic E-state index is -1.33. The number of amides is 2. The number of likely N-dealkylation sites (tertiary alicyclic amines) is 1. The molecule has 1 saturated heterocycles. The molecule has 3 aromatic rings. The molecule has 0 saturated carbocycles. The second-order valence-electron chi connectivity index (χ2n) is 9.87. The maximum Gasteiger partial charge on any atom is 0.243 e. The van der Waals surface area contributed by atoms with Crippen molar-refractivity contribution >= 4 is 17.6 Å². The van der Waals surface area contributed by atoms with Crippen molar-refractivity contribution in [2.45, 2.75) is 50.9 Å². The van der Waals surface area contributed by atoms with Crippen molar-refractivity contribution in [1.29, 1.82) is 0 Å². The Morgan fingerprint density at radius 2 is 1.89 bits per heavy atom. The van der Waals surface area contributed by atoms with Crippen molar-refractivity contribution in [3.63, 3.8) is 0 Å². The van der Waals surface area contributed by atoms with Crippen molar-refractivity contribution in [1.82, 2.24) is 25.6 Å². The van der Waals surface area contributed by atoms with Crippen molar-refractivity contribution < 1.29 is 18.4 Å². The van der Waals surface area contributed by atoms with Crippen LogP contribution in [0.4, 0.5) is 14.6 Å². The maximum atomic E-state index is 14.9. The Labute approximate surface area is 215 Å². The fourth-order valence-corrected chi connectivity index (χ4v) is 4.72. The highest BCUT2D eigenvalue weighted by Crippen LogP contribution is 2.29. The molecular formula is C27H32F2N6O2. The molecular weight excluding hydrogens is 478 g/mol. The van der Waals surface area contributed by atoms with Crippen LogP contribution in [0.25, 0.3) is 0 Å². The molecule has 196 valence electrons. The van der Waals surface area contributed by atoms with Gasteiger partial charge in [-0.2, -0.15) is 0 Å². The first-order chi connectivity index (χ1) is 17.7. The van der Waals surface area contributed by atoms with Crippen LogP contribution in [-0.2, 0) is 16.0 Å². The van der Waals surface area contributed by atoms with Crippen LogP contribution in [-0.4, -0.2) is 65.0 Å². The normalized spacial score (nSPS) is 18.2. The van der Waals surface area contributed by atoms with Crippen LogP contribution in [0.3, 0.4) is 0 Å². The van der Waals surface area contributed by atoms with E-state index in [1.165, 1.54) is 11.0 Å². The average molecular weight is 511 g/mol. The van der Waals surface area contributed by atoms with Gasteiger partial charge < -0.3 is 15.1 Å².